The molecule has 2 heterocycles. The summed E-state index contributed by atoms with van der Waals surface area (Å²) in [5, 5.41) is 0. The molecule has 22 heavy (non-hydrogen) atoms. The molecular formula is C17H17N3O2. The fraction of sp³-hybridized carbons (Fsp3) is 0.176. The molecule has 112 valence electrons. The number of rotatable bonds is 5. The smallest absolute Gasteiger partial charge is 0.224 e. The first-order valence-corrected chi connectivity index (χ1v) is 7.01. The minimum Gasteiger partial charge on any atom is -0.467 e. The molecule has 0 fully saturated rings. The van der Waals surface area contributed by atoms with Crippen molar-refractivity contribution in [3.8, 4) is 11.6 Å². The summed E-state index contributed by atoms with van der Waals surface area (Å²) in [4.78, 5) is 10.4. The third kappa shape index (κ3) is 3.44. The van der Waals surface area contributed by atoms with Crippen LogP contribution in [0.1, 0.15) is 11.3 Å². The SMILES string of the molecule is Cc1ccc(Oc2cc(N(C)Cc3ccco3)ncn2)cc1. The number of ether oxygens (including phenoxy) is 1. The van der Waals surface area contributed by atoms with E-state index in [9.17, 15) is 0 Å². The average molecular weight is 295 g/mol. The highest BCUT2D eigenvalue weighted by Gasteiger charge is 2.08. The number of aryl methyl sites for hydroxylation is 1. The molecule has 0 aliphatic carbocycles. The van der Waals surface area contributed by atoms with Crippen LogP contribution in [0.5, 0.6) is 11.6 Å². The summed E-state index contributed by atoms with van der Waals surface area (Å²) < 4.78 is 11.1. The third-order valence-corrected chi connectivity index (χ3v) is 3.24. The molecule has 0 amide bonds. The summed E-state index contributed by atoms with van der Waals surface area (Å²) in [6.07, 6.45) is 3.16. The fourth-order valence-electron chi connectivity index (χ4n) is 2.04. The number of furan rings is 1. The van der Waals surface area contributed by atoms with Gasteiger partial charge in [0.2, 0.25) is 5.88 Å². The van der Waals surface area contributed by atoms with E-state index < -0.39 is 0 Å². The van der Waals surface area contributed by atoms with Gasteiger partial charge in [0.15, 0.2) is 0 Å². The van der Waals surface area contributed by atoms with Crippen LogP contribution in [0, 0.1) is 6.92 Å². The summed E-state index contributed by atoms with van der Waals surface area (Å²) >= 11 is 0. The molecule has 1 aromatic carbocycles. The quantitative estimate of drug-likeness (QED) is 0.716. The fourth-order valence-corrected chi connectivity index (χ4v) is 2.04. The molecule has 0 saturated heterocycles. The Bertz CT molecular complexity index is 724. The zero-order valence-corrected chi connectivity index (χ0v) is 12.6. The van der Waals surface area contributed by atoms with Crippen molar-refractivity contribution >= 4 is 5.82 Å². The van der Waals surface area contributed by atoms with Gasteiger partial charge in [-0.15, -0.1) is 0 Å². The van der Waals surface area contributed by atoms with E-state index in [2.05, 4.69) is 9.97 Å². The molecule has 5 nitrogen and oxygen atoms in total. The predicted octanol–water partition coefficient (Wildman–Crippen LogP) is 3.81. The first-order chi connectivity index (χ1) is 10.7. The number of nitrogens with zero attached hydrogens (tertiary/aromatic N) is 3. The van der Waals surface area contributed by atoms with E-state index in [0.717, 1.165) is 17.3 Å². The lowest BCUT2D eigenvalue weighted by atomic mass is 10.2. The highest BCUT2D eigenvalue weighted by Crippen LogP contribution is 2.22. The van der Waals surface area contributed by atoms with Gasteiger partial charge in [-0.2, -0.15) is 0 Å². The third-order valence-electron chi connectivity index (χ3n) is 3.24. The van der Waals surface area contributed by atoms with Crippen LogP contribution in [-0.4, -0.2) is 17.0 Å². The molecule has 0 N–H and O–H groups in total. The summed E-state index contributed by atoms with van der Waals surface area (Å²) in [6, 6.07) is 13.5. The predicted molar refractivity (Wildman–Crippen MR) is 84.1 cm³/mol. The second kappa shape index (κ2) is 6.30. The molecule has 3 rings (SSSR count). The van der Waals surface area contributed by atoms with E-state index in [1.165, 1.54) is 11.9 Å². The Morgan fingerprint density at radius 2 is 1.95 bits per heavy atom. The summed E-state index contributed by atoms with van der Waals surface area (Å²) in [5.41, 5.74) is 1.19. The maximum Gasteiger partial charge on any atom is 0.224 e. The van der Waals surface area contributed by atoms with Gasteiger partial charge in [0.25, 0.3) is 0 Å². The largest absolute Gasteiger partial charge is 0.467 e. The topological polar surface area (TPSA) is 51.4 Å². The van der Waals surface area contributed by atoms with Crippen LogP contribution in [0.4, 0.5) is 5.82 Å². The number of hydrogen-bond acceptors (Lipinski definition) is 5. The van der Waals surface area contributed by atoms with E-state index in [4.69, 9.17) is 9.15 Å². The summed E-state index contributed by atoms with van der Waals surface area (Å²) in [6.45, 7) is 2.67. The minimum atomic E-state index is 0.514. The molecular weight excluding hydrogens is 278 g/mol. The maximum atomic E-state index is 5.76. The van der Waals surface area contributed by atoms with Gasteiger partial charge in [0, 0.05) is 13.1 Å². The highest BCUT2D eigenvalue weighted by atomic mass is 16.5. The Morgan fingerprint density at radius 3 is 2.68 bits per heavy atom. The zero-order chi connectivity index (χ0) is 15.4. The Labute approximate surface area is 129 Å². The van der Waals surface area contributed by atoms with Crippen LogP contribution in [0.15, 0.2) is 59.5 Å². The van der Waals surface area contributed by atoms with Crippen LogP contribution < -0.4 is 9.64 Å². The van der Waals surface area contributed by atoms with Crippen LogP contribution in [-0.2, 0) is 6.54 Å². The van der Waals surface area contributed by atoms with Gasteiger partial charge in [-0.05, 0) is 31.2 Å². The molecule has 5 heteroatoms. The number of hydrogen-bond donors (Lipinski definition) is 0. The molecule has 3 aromatic rings. The molecule has 0 spiro atoms. The number of aromatic nitrogens is 2. The van der Waals surface area contributed by atoms with Crippen LogP contribution >= 0.6 is 0 Å². The first kappa shape index (κ1) is 14.1. The van der Waals surface area contributed by atoms with E-state index in [-0.39, 0.29) is 0 Å². The Hall–Kier alpha value is -2.82. The Kier molecular flexibility index (Phi) is 4.05. The van der Waals surface area contributed by atoms with Crippen molar-refractivity contribution in [3.63, 3.8) is 0 Å². The van der Waals surface area contributed by atoms with Gasteiger partial charge < -0.3 is 14.1 Å². The van der Waals surface area contributed by atoms with Crippen LogP contribution in [0.3, 0.4) is 0 Å². The van der Waals surface area contributed by atoms with Crippen molar-refractivity contribution in [2.24, 2.45) is 0 Å². The average Bonchev–Trinajstić information content (AvgIpc) is 3.03. The standard InChI is InChI=1S/C17H17N3O2/c1-13-5-7-14(8-6-13)22-17-10-16(18-12-19-17)20(2)11-15-4-3-9-21-15/h3-10,12H,11H2,1-2H3. The first-order valence-electron chi connectivity index (χ1n) is 7.01. The maximum absolute atomic E-state index is 5.76. The zero-order valence-electron chi connectivity index (χ0n) is 12.6. The molecule has 0 aliphatic rings. The van der Waals surface area contributed by atoms with E-state index in [1.54, 1.807) is 6.26 Å². The molecule has 0 bridgehead atoms. The number of benzene rings is 1. The Balaban J connectivity index is 1.73. The van der Waals surface area contributed by atoms with E-state index in [1.807, 2.05) is 61.3 Å². The van der Waals surface area contributed by atoms with Crippen LogP contribution in [0.2, 0.25) is 0 Å². The normalized spacial score (nSPS) is 10.5. The lowest BCUT2D eigenvalue weighted by Gasteiger charge is -2.17. The van der Waals surface area contributed by atoms with Gasteiger partial charge >= 0.3 is 0 Å². The van der Waals surface area contributed by atoms with Gasteiger partial charge in [-0.25, -0.2) is 9.97 Å². The molecule has 0 atom stereocenters. The second-order valence-corrected chi connectivity index (χ2v) is 5.06. The van der Waals surface area contributed by atoms with E-state index in [0.29, 0.717) is 12.4 Å². The van der Waals surface area contributed by atoms with Crippen molar-refractivity contribution in [3.05, 3.63) is 66.4 Å². The molecule has 0 radical (unpaired) electrons. The Morgan fingerprint density at radius 1 is 1.14 bits per heavy atom. The van der Waals surface area contributed by atoms with Gasteiger partial charge in [0.1, 0.15) is 23.7 Å². The molecule has 0 unspecified atom stereocenters. The summed E-state index contributed by atoms with van der Waals surface area (Å²) in [5.74, 6) is 2.92. The number of anilines is 1. The highest BCUT2D eigenvalue weighted by molar-refractivity contribution is 5.41. The van der Waals surface area contributed by atoms with Crippen LogP contribution in [0.25, 0.3) is 0 Å². The van der Waals surface area contributed by atoms with Crippen molar-refractivity contribution in [2.45, 2.75) is 13.5 Å². The lowest BCUT2D eigenvalue weighted by molar-refractivity contribution is 0.460. The monoisotopic (exact) mass is 295 g/mol. The van der Waals surface area contributed by atoms with Crippen molar-refractivity contribution in [1.82, 2.24) is 9.97 Å². The lowest BCUT2D eigenvalue weighted by Crippen LogP contribution is -2.17. The minimum absolute atomic E-state index is 0.514. The van der Waals surface area contributed by atoms with Crippen molar-refractivity contribution < 1.29 is 9.15 Å². The molecule has 2 aromatic heterocycles. The van der Waals surface area contributed by atoms with Gasteiger partial charge in [0.05, 0.1) is 12.8 Å². The van der Waals surface area contributed by atoms with Crippen molar-refractivity contribution in [2.75, 3.05) is 11.9 Å². The summed E-state index contributed by atoms with van der Waals surface area (Å²) in [7, 11) is 1.94. The molecule has 0 saturated carbocycles. The van der Waals surface area contributed by atoms with E-state index >= 15 is 0 Å². The van der Waals surface area contributed by atoms with Crippen molar-refractivity contribution in [1.29, 1.82) is 0 Å². The molecule has 0 aliphatic heterocycles. The second-order valence-electron chi connectivity index (χ2n) is 5.06. The van der Waals surface area contributed by atoms with Gasteiger partial charge in [-0.1, -0.05) is 17.7 Å². The van der Waals surface area contributed by atoms with Gasteiger partial charge in [-0.3, -0.25) is 0 Å².